The van der Waals surface area contributed by atoms with Crippen molar-refractivity contribution in [3.8, 4) is 5.75 Å². The Hall–Kier alpha value is -2.55. The number of hydrogen-bond acceptors (Lipinski definition) is 5. The molecular weight excluding hydrogens is 246 g/mol. The summed E-state index contributed by atoms with van der Waals surface area (Å²) in [5, 5.41) is 18.9. The topological polar surface area (TPSA) is 81.8 Å². The summed E-state index contributed by atoms with van der Waals surface area (Å²) in [5.74, 6) is -0.375. The van der Waals surface area contributed by atoms with Crippen LogP contribution < -0.4 is 10.5 Å². The first kappa shape index (κ1) is 12.9. The Balaban J connectivity index is 2.69. The van der Waals surface area contributed by atoms with Gasteiger partial charge in [0.05, 0.1) is 5.39 Å². The van der Waals surface area contributed by atoms with E-state index in [2.05, 4.69) is 9.88 Å². The van der Waals surface area contributed by atoms with Crippen LogP contribution >= 0.6 is 0 Å². The largest absolute Gasteiger partial charge is 0.510 e. The van der Waals surface area contributed by atoms with Gasteiger partial charge in [0, 0.05) is 24.8 Å². The fourth-order valence-electron chi connectivity index (χ4n) is 2.04. The molecule has 6 nitrogen and oxygen atoms in total. The smallest absolute Gasteiger partial charge is 0.501 e. The van der Waals surface area contributed by atoms with Gasteiger partial charge in [-0.15, -0.1) is 0 Å². The summed E-state index contributed by atoms with van der Waals surface area (Å²) in [4.78, 5) is 16.3. The SMILES string of the molecule is CCN(CC)c1ccc2c(O)c([N+]#N)c(=O)oc2c1. The predicted octanol–water partition coefficient (Wildman–Crippen LogP) is 2.83. The summed E-state index contributed by atoms with van der Waals surface area (Å²) in [6, 6.07) is 5.14. The molecule has 0 spiro atoms. The van der Waals surface area contributed by atoms with Crippen molar-refractivity contribution in [2.75, 3.05) is 18.0 Å². The summed E-state index contributed by atoms with van der Waals surface area (Å²) < 4.78 is 5.05. The molecule has 0 saturated carbocycles. The molecule has 19 heavy (non-hydrogen) atoms. The minimum absolute atomic E-state index is 0.263. The normalized spacial score (nSPS) is 10.4. The zero-order valence-corrected chi connectivity index (χ0v) is 10.8. The van der Waals surface area contributed by atoms with Gasteiger partial charge in [-0.2, -0.15) is 0 Å². The van der Waals surface area contributed by atoms with Crippen LogP contribution in [0.15, 0.2) is 27.4 Å². The Labute approximate surface area is 109 Å². The van der Waals surface area contributed by atoms with Gasteiger partial charge in [0.25, 0.3) is 0 Å². The molecule has 6 heteroatoms. The van der Waals surface area contributed by atoms with E-state index in [0.29, 0.717) is 5.39 Å². The number of benzene rings is 1. The first-order valence-electron chi connectivity index (χ1n) is 6.02. The molecule has 2 rings (SSSR count). The molecule has 98 valence electrons. The summed E-state index contributed by atoms with van der Waals surface area (Å²) >= 11 is 0. The monoisotopic (exact) mass is 260 g/mol. The number of hydrogen-bond donors (Lipinski definition) is 1. The van der Waals surface area contributed by atoms with Gasteiger partial charge in [0.2, 0.25) is 11.1 Å². The number of aromatic hydroxyl groups is 1. The third-order valence-corrected chi connectivity index (χ3v) is 3.07. The van der Waals surface area contributed by atoms with E-state index in [9.17, 15) is 9.90 Å². The number of rotatable bonds is 3. The number of fused-ring (bicyclic) bond motifs is 1. The van der Waals surface area contributed by atoms with Crippen molar-refractivity contribution in [2.45, 2.75) is 13.8 Å². The molecule has 0 amide bonds. The summed E-state index contributed by atoms with van der Waals surface area (Å²) in [6.45, 7) is 5.69. The van der Waals surface area contributed by atoms with Crippen LogP contribution in [0, 0.1) is 5.39 Å². The zero-order valence-electron chi connectivity index (χ0n) is 10.8. The highest BCUT2D eigenvalue weighted by molar-refractivity contribution is 5.90. The quantitative estimate of drug-likeness (QED) is 0.677. The van der Waals surface area contributed by atoms with E-state index in [1.165, 1.54) is 0 Å². The highest BCUT2D eigenvalue weighted by Crippen LogP contribution is 2.33. The fourth-order valence-corrected chi connectivity index (χ4v) is 2.04. The Kier molecular flexibility index (Phi) is 3.38. The molecule has 0 aliphatic carbocycles. The average Bonchev–Trinajstić information content (AvgIpc) is 2.40. The van der Waals surface area contributed by atoms with Crippen LogP contribution in [0.25, 0.3) is 15.9 Å². The van der Waals surface area contributed by atoms with Gasteiger partial charge in [-0.25, -0.2) is 4.79 Å². The standard InChI is InChI=1S/C13H13N3O3/c1-3-16(4-2)8-5-6-9-10(7-8)19-13(18)11(15-14)12(9)17/h5-7H,3-4H2,1-2H3/p+1. The lowest BCUT2D eigenvalue weighted by atomic mass is 10.1. The van der Waals surface area contributed by atoms with Gasteiger partial charge < -0.3 is 14.4 Å². The summed E-state index contributed by atoms with van der Waals surface area (Å²) in [6.07, 6.45) is 0. The summed E-state index contributed by atoms with van der Waals surface area (Å²) in [5.41, 5.74) is -0.194. The lowest BCUT2D eigenvalue weighted by Gasteiger charge is -2.20. The van der Waals surface area contributed by atoms with Gasteiger partial charge in [0.15, 0.2) is 4.98 Å². The second-order valence-electron chi connectivity index (χ2n) is 4.04. The lowest BCUT2D eigenvalue weighted by Crippen LogP contribution is -2.21. The van der Waals surface area contributed by atoms with Gasteiger partial charge >= 0.3 is 11.3 Å². The number of anilines is 1. The fraction of sp³-hybridized carbons (Fsp3) is 0.308. The van der Waals surface area contributed by atoms with E-state index in [-0.39, 0.29) is 11.3 Å². The molecule has 1 aromatic carbocycles. The first-order chi connectivity index (χ1) is 9.12. The van der Waals surface area contributed by atoms with Gasteiger partial charge in [-0.1, -0.05) is 0 Å². The van der Waals surface area contributed by atoms with E-state index < -0.39 is 11.3 Å². The Bertz CT molecular complexity index is 711. The van der Waals surface area contributed by atoms with Crippen LogP contribution in [0.3, 0.4) is 0 Å². The molecule has 0 fully saturated rings. The molecule has 1 N–H and O–H groups in total. The van der Waals surface area contributed by atoms with Crippen molar-refractivity contribution < 1.29 is 9.52 Å². The second kappa shape index (κ2) is 4.98. The Morgan fingerprint density at radius 3 is 2.63 bits per heavy atom. The molecule has 0 saturated heterocycles. The van der Waals surface area contributed by atoms with Crippen LogP contribution in [0.4, 0.5) is 11.4 Å². The second-order valence-corrected chi connectivity index (χ2v) is 4.04. The third kappa shape index (κ3) is 2.10. The third-order valence-electron chi connectivity index (χ3n) is 3.07. The molecule has 1 aromatic heterocycles. The van der Waals surface area contributed by atoms with Crippen LogP contribution in [-0.4, -0.2) is 18.2 Å². The van der Waals surface area contributed by atoms with Crippen LogP contribution in [0.5, 0.6) is 5.75 Å². The van der Waals surface area contributed by atoms with Crippen LogP contribution in [-0.2, 0) is 0 Å². The number of diazo groups is 1. The Morgan fingerprint density at radius 2 is 2.05 bits per heavy atom. The first-order valence-corrected chi connectivity index (χ1v) is 6.02. The maximum absolute atomic E-state index is 11.5. The van der Waals surface area contributed by atoms with Crippen molar-refractivity contribution in [1.29, 1.82) is 5.39 Å². The molecule has 0 radical (unpaired) electrons. The van der Waals surface area contributed by atoms with Crippen molar-refractivity contribution in [3.63, 3.8) is 0 Å². The highest BCUT2D eigenvalue weighted by Gasteiger charge is 2.25. The molecule has 0 aliphatic heterocycles. The minimum Gasteiger partial charge on any atom is -0.501 e. The van der Waals surface area contributed by atoms with E-state index in [0.717, 1.165) is 18.8 Å². The van der Waals surface area contributed by atoms with Crippen LogP contribution in [0.1, 0.15) is 13.8 Å². The average molecular weight is 260 g/mol. The molecule has 0 aliphatic rings. The highest BCUT2D eigenvalue weighted by atomic mass is 16.4. The molecule has 0 bridgehead atoms. The summed E-state index contributed by atoms with van der Waals surface area (Å²) in [7, 11) is 0. The molecule has 1 heterocycles. The van der Waals surface area contributed by atoms with Gasteiger partial charge in [-0.3, -0.25) is 0 Å². The number of nitrogens with zero attached hydrogens (tertiary/aromatic N) is 3. The van der Waals surface area contributed by atoms with E-state index in [1.54, 1.807) is 12.1 Å². The zero-order chi connectivity index (χ0) is 14.0. The molecule has 0 atom stereocenters. The molecule has 2 aromatic rings. The van der Waals surface area contributed by atoms with E-state index >= 15 is 0 Å². The van der Waals surface area contributed by atoms with E-state index in [4.69, 9.17) is 9.81 Å². The van der Waals surface area contributed by atoms with Crippen LogP contribution in [0.2, 0.25) is 0 Å². The van der Waals surface area contributed by atoms with Crippen molar-refractivity contribution >= 4 is 22.3 Å². The van der Waals surface area contributed by atoms with Crippen molar-refractivity contribution in [1.82, 2.24) is 0 Å². The lowest BCUT2D eigenvalue weighted by molar-refractivity contribution is 0.473. The Morgan fingerprint density at radius 1 is 1.37 bits per heavy atom. The van der Waals surface area contributed by atoms with Crippen molar-refractivity contribution in [3.05, 3.63) is 33.6 Å². The maximum Gasteiger partial charge on any atom is 0.510 e. The van der Waals surface area contributed by atoms with Gasteiger partial charge in [-0.05, 0) is 26.0 Å². The van der Waals surface area contributed by atoms with E-state index in [1.807, 2.05) is 19.9 Å². The minimum atomic E-state index is -0.871. The molecular formula is C13H14N3O3+. The van der Waals surface area contributed by atoms with Gasteiger partial charge in [0.1, 0.15) is 5.58 Å². The maximum atomic E-state index is 11.5. The van der Waals surface area contributed by atoms with Crippen molar-refractivity contribution in [2.24, 2.45) is 0 Å². The molecule has 0 unspecified atom stereocenters. The predicted molar refractivity (Wildman–Crippen MR) is 72.5 cm³/mol.